The molecule has 1 aromatic carbocycles. The Morgan fingerprint density at radius 3 is 2.32 bits per heavy atom. The van der Waals surface area contributed by atoms with Crippen LogP contribution in [0.4, 0.5) is 33.7 Å². The van der Waals surface area contributed by atoms with Crippen molar-refractivity contribution in [3.63, 3.8) is 0 Å². The SMILES string of the molecule is CC(F)(F)F.Cc1cn2cc(-c3cc(NC(=O)N4CCCC4)c(F)cc3C)cc(N3CCOCC3)c2n1. The number of fused-ring (bicyclic) bond motifs is 1. The summed E-state index contributed by atoms with van der Waals surface area (Å²) in [5, 5.41) is 2.77. The molecule has 5 rings (SSSR count). The number of aryl methyl sites for hydroxylation is 2. The highest BCUT2D eigenvalue weighted by atomic mass is 19.4. The summed E-state index contributed by atoms with van der Waals surface area (Å²) in [4.78, 5) is 21.3. The number of rotatable bonds is 3. The van der Waals surface area contributed by atoms with Gasteiger partial charge in [-0.05, 0) is 56.0 Å². The van der Waals surface area contributed by atoms with E-state index in [0.29, 0.717) is 26.3 Å². The number of likely N-dealkylation sites (tertiary alicyclic amines) is 1. The number of hydrogen-bond acceptors (Lipinski definition) is 4. The summed E-state index contributed by atoms with van der Waals surface area (Å²) in [6.07, 6.45) is 2.00. The number of ether oxygens (including phenoxy) is 1. The fourth-order valence-electron chi connectivity index (χ4n) is 4.58. The number of nitrogens with one attached hydrogen (secondary N) is 1. The maximum Gasteiger partial charge on any atom is 0.386 e. The van der Waals surface area contributed by atoms with Crippen molar-refractivity contribution in [3.05, 3.63) is 47.7 Å². The number of urea groups is 1. The predicted octanol–water partition coefficient (Wildman–Crippen LogP) is 5.79. The minimum atomic E-state index is -4.00. The smallest absolute Gasteiger partial charge is 0.378 e. The Labute approximate surface area is 213 Å². The van der Waals surface area contributed by atoms with Gasteiger partial charge in [-0.1, -0.05) is 0 Å². The van der Waals surface area contributed by atoms with E-state index in [1.165, 1.54) is 6.07 Å². The maximum absolute atomic E-state index is 14.7. The van der Waals surface area contributed by atoms with Gasteiger partial charge in [-0.15, -0.1) is 0 Å². The molecular formula is C26H31F4N5O2. The second-order valence-corrected chi connectivity index (χ2v) is 9.38. The third-order valence-electron chi connectivity index (χ3n) is 6.26. The van der Waals surface area contributed by atoms with Gasteiger partial charge in [0, 0.05) is 51.1 Å². The van der Waals surface area contributed by atoms with Gasteiger partial charge in [-0.2, -0.15) is 13.2 Å². The fraction of sp³-hybridized carbons (Fsp3) is 0.462. The number of halogens is 4. The van der Waals surface area contributed by atoms with E-state index in [4.69, 9.17) is 9.72 Å². The highest BCUT2D eigenvalue weighted by Gasteiger charge is 2.21. The van der Waals surface area contributed by atoms with Gasteiger partial charge in [0.25, 0.3) is 0 Å². The average molecular weight is 522 g/mol. The summed E-state index contributed by atoms with van der Waals surface area (Å²) >= 11 is 0. The molecule has 0 aliphatic carbocycles. The molecule has 2 fully saturated rings. The highest BCUT2D eigenvalue weighted by Crippen LogP contribution is 2.34. The monoisotopic (exact) mass is 521 g/mol. The van der Waals surface area contributed by atoms with Crippen molar-refractivity contribution in [3.8, 4) is 11.1 Å². The molecule has 3 aromatic rings. The van der Waals surface area contributed by atoms with Gasteiger partial charge in [-0.3, -0.25) is 0 Å². The number of imidazole rings is 1. The molecule has 0 radical (unpaired) electrons. The zero-order valence-corrected chi connectivity index (χ0v) is 21.2. The van der Waals surface area contributed by atoms with E-state index in [9.17, 15) is 22.4 Å². The van der Waals surface area contributed by atoms with Crippen molar-refractivity contribution in [1.29, 1.82) is 0 Å². The van der Waals surface area contributed by atoms with Gasteiger partial charge in [0.2, 0.25) is 0 Å². The minimum absolute atomic E-state index is 0.188. The number of alkyl halides is 3. The molecule has 200 valence electrons. The number of anilines is 2. The van der Waals surface area contributed by atoms with Crippen LogP contribution in [0.3, 0.4) is 0 Å². The van der Waals surface area contributed by atoms with E-state index in [1.807, 2.05) is 30.6 Å². The van der Waals surface area contributed by atoms with Crippen LogP contribution in [0.15, 0.2) is 30.6 Å². The van der Waals surface area contributed by atoms with Crippen molar-refractivity contribution < 1.29 is 27.1 Å². The summed E-state index contributed by atoms with van der Waals surface area (Å²) in [6, 6.07) is 5.10. The molecule has 0 bridgehead atoms. The molecule has 4 heterocycles. The topological polar surface area (TPSA) is 62.1 Å². The second-order valence-electron chi connectivity index (χ2n) is 9.38. The molecule has 2 aliphatic rings. The van der Waals surface area contributed by atoms with E-state index in [2.05, 4.69) is 16.3 Å². The number of carbonyl (C=O) groups is 1. The first-order chi connectivity index (χ1) is 17.5. The number of benzene rings is 1. The Morgan fingerprint density at radius 1 is 1.03 bits per heavy atom. The van der Waals surface area contributed by atoms with E-state index in [1.54, 1.807) is 11.0 Å². The molecule has 1 N–H and O–H groups in total. The quantitative estimate of drug-likeness (QED) is 0.443. The lowest BCUT2D eigenvalue weighted by Crippen LogP contribution is -2.36. The zero-order chi connectivity index (χ0) is 26.7. The molecule has 0 atom stereocenters. The van der Waals surface area contributed by atoms with E-state index in [0.717, 1.165) is 59.7 Å². The lowest BCUT2D eigenvalue weighted by Gasteiger charge is -2.29. The fourth-order valence-corrected chi connectivity index (χ4v) is 4.58. The zero-order valence-electron chi connectivity index (χ0n) is 21.2. The lowest BCUT2D eigenvalue weighted by atomic mass is 10.00. The Balaban J connectivity index is 0.000000586. The van der Waals surface area contributed by atoms with Crippen molar-refractivity contribution in [1.82, 2.24) is 14.3 Å². The van der Waals surface area contributed by atoms with Crippen molar-refractivity contribution in [2.24, 2.45) is 0 Å². The molecule has 2 saturated heterocycles. The molecule has 7 nitrogen and oxygen atoms in total. The molecule has 0 saturated carbocycles. The van der Waals surface area contributed by atoms with Crippen LogP contribution in [-0.4, -0.2) is 65.9 Å². The van der Waals surface area contributed by atoms with E-state index >= 15 is 0 Å². The third-order valence-corrected chi connectivity index (χ3v) is 6.26. The van der Waals surface area contributed by atoms with Crippen LogP contribution >= 0.6 is 0 Å². The number of aromatic nitrogens is 2. The largest absolute Gasteiger partial charge is 0.386 e. The molecule has 2 aliphatic heterocycles. The van der Waals surface area contributed by atoms with Crippen molar-refractivity contribution >= 4 is 23.1 Å². The first-order valence-electron chi connectivity index (χ1n) is 12.2. The van der Waals surface area contributed by atoms with E-state index < -0.39 is 12.0 Å². The van der Waals surface area contributed by atoms with Crippen LogP contribution in [0.1, 0.15) is 31.0 Å². The average Bonchev–Trinajstić information content (AvgIpc) is 3.49. The van der Waals surface area contributed by atoms with Gasteiger partial charge in [0.1, 0.15) is 5.82 Å². The van der Waals surface area contributed by atoms with Crippen LogP contribution in [-0.2, 0) is 4.74 Å². The maximum atomic E-state index is 14.7. The molecule has 0 unspecified atom stereocenters. The van der Waals surface area contributed by atoms with Crippen LogP contribution in [0.25, 0.3) is 16.8 Å². The number of nitrogens with zero attached hydrogens (tertiary/aromatic N) is 4. The molecule has 2 aromatic heterocycles. The predicted molar refractivity (Wildman–Crippen MR) is 135 cm³/mol. The highest BCUT2D eigenvalue weighted by molar-refractivity contribution is 5.91. The third kappa shape index (κ3) is 6.71. The normalized spacial score (nSPS) is 16.1. The standard InChI is InChI=1S/C24H28FN5O2.C2H3F3/c1-16-11-20(25)21(27-24(31)29-5-3-4-6-29)13-19(16)18-12-22(28-7-9-32-10-8-28)23-26-17(2)14-30(23)15-18;1-2(3,4)5/h11-15H,3-10H2,1-2H3,(H,27,31);1H3. The number of hydrogen-bond donors (Lipinski definition) is 1. The Morgan fingerprint density at radius 2 is 1.68 bits per heavy atom. The van der Waals surface area contributed by atoms with Gasteiger partial charge < -0.3 is 24.3 Å². The van der Waals surface area contributed by atoms with Crippen LogP contribution in [0.5, 0.6) is 0 Å². The van der Waals surface area contributed by atoms with E-state index in [-0.39, 0.29) is 18.6 Å². The van der Waals surface area contributed by atoms with Crippen LogP contribution in [0.2, 0.25) is 0 Å². The van der Waals surface area contributed by atoms with Crippen molar-refractivity contribution in [2.45, 2.75) is 39.8 Å². The molecular weight excluding hydrogens is 490 g/mol. The Kier molecular flexibility index (Phi) is 7.91. The molecule has 11 heteroatoms. The van der Waals surface area contributed by atoms with Crippen molar-refractivity contribution in [2.75, 3.05) is 49.6 Å². The Bertz CT molecular complexity index is 1260. The summed E-state index contributed by atoms with van der Waals surface area (Å²) < 4.78 is 53.4. The van der Waals surface area contributed by atoms with Gasteiger partial charge in [0.05, 0.1) is 30.3 Å². The summed E-state index contributed by atoms with van der Waals surface area (Å²) in [5.74, 6) is -0.424. The number of carbonyl (C=O) groups excluding carboxylic acids is 1. The van der Waals surface area contributed by atoms with Gasteiger partial charge >= 0.3 is 12.2 Å². The number of morpholine rings is 1. The lowest BCUT2D eigenvalue weighted by molar-refractivity contribution is -0.110. The molecule has 0 spiro atoms. The van der Waals surface area contributed by atoms with Gasteiger partial charge in [-0.25, -0.2) is 14.2 Å². The summed E-state index contributed by atoms with van der Waals surface area (Å²) in [5.41, 5.74) is 5.71. The second kappa shape index (κ2) is 11.0. The minimum Gasteiger partial charge on any atom is -0.378 e. The molecule has 2 amide bonds. The number of pyridine rings is 1. The number of amides is 2. The van der Waals surface area contributed by atoms with Crippen LogP contribution < -0.4 is 10.2 Å². The Hall–Kier alpha value is -3.34. The van der Waals surface area contributed by atoms with Gasteiger partial charge in [0.15, 0.2) is 5.65 Å². The molecule has 37 heavy (non-hydrogen) atoms. The summed E-state index contributed by atoms with van der Waals surface area (Å²) in [6.45, 7) is 8.43. The van der Waals surface area contributed by atoms with Crippen LogP contribution in [0, 0.1) is 19.7 Å². The summed E-state index contributed by atoms with van der Waals surface area (Å²) in [7, 11) is 0. The first-order valence-corrected chi connectivity index (χ1v) is 12.2. The first kappa shape index (κ1) is 26.7.